The second kappa shape index (κ2) is 18.1. The molecule has 0 amide bonds. The predicted octanol–water partition coefficient (Wildman–Crippen LogP) is 9.94. The van der Waals surface area contributed by atoms with Gasteiger partial charge in [-0.25, -0.2) is 14.0 Å². The third kappa shape index (κ3) is 11.1. The summed E-state index contributed by atoms with van der Waals surface area (Å²) in [5.41, 5.74) is 4.22. The van der Waals surface area contributed by atoms with Crippen LogP contribution < -0.4 is 4.74 Å². The van der Waals surface area contributed by atoms with Crippen LogP contribution in [0.25, 0.3) is 11.1 Å². The largest absolute Gasteiger partial charge is 0.456 e. The summed E-state index contributed by atoms with van der Waals surface area (Å²) in [6.07, 6.45) is 12.7. The summed E-state index contributed by atoms with van der Waals surface area (Å²) >= 11 is 0. The van der Waals surface area contributed by atoms with Crippen molar-refractivity contribution in [2.45, 2.75) is 97.0 Å². The Hall–Kier alpha value is -3.47. The summed E-state index contributed by atoms with van der Waals surface area (Å²) in [6.45, 7) is 3.66. The molecule has 0 aliphatic heterocycles. The van der Waals surface area contributed by atoms with E-state index in [2.05, 4.69) is 38.1 Å². The molecule has 3 aromatic carbocycles. The first-order chi connectivity index (χ1) is 20.0. The van der Waals surface area contributed by atoms with Crippen molar-refractivity contribution in [1.82, 2.24) is 0 Å². The highest BCUT2D eigenvalue weighted by Crippen LogP contribution is 2.23. The van der Waals surface area contributed by atoms with Gasteiger partial charge in [-0.1, -0.05) is 102 Å². The molecule has 0 heterocycles. The van der Waals surface area contributed by atoms with Gasteiger partial charge in [-0.2, -0.15) is 0 Å². The third-order valence-electron chi connectivity index (χ3n) is 7.35. The standard InChI is InChI=1S/C36H45FO4/c1-3-5-7-9-10-11-13-28-15-17-29(18-16-28)30-19-21-31(22-20-30)35(38)40-33-25-23-32(24-26-33)36(39)41-34(27-37)14-12-8-6-4-2/h15-26,34H,3-14,27H2,1-2H3. The van der Waals surface area contributed by atoms with E-state index in [1.165, 1.54) is 56.2 Å². The number of benzene rings is 3. The summed E-state index contributed by atoms with van der Waals surface area (Å²) in [7, 11) is 0. The molecule has 220 valence electrons. The molecule has 0 saturated carbocycles. The summed E-state index contributed by atoms with van der Waals surface area (Å²) in [5, 5.41) is 0. The van der Waals surface area contributed by atoms with E-state index in [4.69, 9.17) is 9.47 Å². The normalized spacial score (nSPS) is 11.7. The summed E-state index contributed by atoms with van der Waals surface area (Å²) < 4.78 is 24.1. The number of ether oxygens (including phenoxy) is 2. The number of carbonyl (C=O) groups is 2. The summed E-state index contributed by atoms with van der Waals surface area (Å²) in [6, 6.07) is 22.1. The van der Waals surface area contributed by atoms with Gasteiger partial charge in [-0.3, -0.25) is 0 Å². The molecule has 0 aromatic heterocycles. The fourth-order valence-electron chi connectivity index (χ4n) is 4.78. The third-order valence-corrected chi connectivity index (χ3v) is 7.35. The monoisotopic (exact) mass is 560 g/mol. The molecule has 3 aromatic rings. The number of rotatable bonds is 18. The van der Waals surface area contributed by atoms with Gasteiger partial charge < -0.3 is 9.47 Å². The van der Waals surface area contributed by atoms with Crippen LogP contribution in [0.4, 0.5) is 4.39 Å². The van der Waals surface area contributed by atoms with Gasteiger partial charge >= 0.3 is 11.9 Å². The minimum Gasteiger partial charge on any atom is -0.456 e. The first-order valence-electron chi connectivity index (χ1n) is 15.3. The van der Waals surface area contributed by atoms with Gasteiger partial charge in [0.15, 0.2) is 0 Å². The van der Waals surface area contributed by atoms with Crippen molar-refractivity contribution in [2.24, 2.45) is 0 Å². The summed E-state index contributed by atoms with van der Waals surface area (Å²) in [4.78, 5) is 25.1. The molecular formula is C36H45FO4. The van der Waals surface area contributed by atoms with Crippen LogP contribution in [0.1, 0.15) is 111 Å². The van der Waals surface area contributed by atoms with Crippen LogP contribution in [0, 0.1) is 0 Å². The zero-order valence-corrected chi connectivity index (χ0v) is 24.7. The van der Waals surface area contributed by atoms with Crippen molar-refractivity contribution in [3.8, 4) is 16.9 Å². The van der Waals surface area contributed by atoms with Gasteiger partial charge in [0.1, 0.15) is 18.5 Å². The highest BCUT2D eigenvalue weighted by Gasteiger charge is 2.16. The van der Waals surface area contributed by atoms with E-state index >= 15 is 0 Å². The molecule has 0 fully saturated rings. The molecule has 3 rings (SSSR count). The van der Waals surface area contributed by atoms with Crippen molar-refractivity contribution in [2.75, 3.05) is 6.67 Å². The number of hydrogen-bond donors (Lipinski definition) is 0. The van der Waals surface area contributed by atoms with Crippen molar-refractivity contribution in [3.63, 3.8) is 0 Å². The maximum atomic E-state index is 13.3. The topological polar surface area (TPSA) is 52.6 Å². The Morgan fingerprint density at radius 1 is 0.634 bits per heavy atom. The number of hydrogen-bond acceptors (Lipinski definition) is 4. The van der Waals surface area contributed by atoms with Crippen LogP contribution in [0.15, 0.2) is 72.8 Å². The Morgan fingerprint density at radius 2 is 1.15 bits per heavy atom. The van der Waals surface area contributed by atoms with Crippen molar-refractivity contribution in [3.05, 3.63) is 89.5 Å². The van der Waals surface area contributed by atoms with Crippen LogP contribution in [-0.4, -0.2) is 24.7 Å². The Kier molecular flexibility index (Phi) is 14.1. The highest BCUT2D eigenvalue weighted by atomic mass is 19.1. The van der Waals surface area contributed by atoms with E-state index in [0.29, 0.717) is 23.3 Å². The van der Waals surface area contributed by atoms with E-state index in [1.807, 2.05) is 12.1 Å². The molecule has 0 aliphatic rings. The lowest BCUT2D eigenvalue weighted by atomic mass is 10.00. The number of esters is 2. The molecule has 0 N–H and O–H groups in total. The first kappa shape index (κ1) is 32.0. The fourth-order valence-corrected chi connectivity index (χ4v) is 4.78. The molecule has 1 atom stereocenters. The minimum absolute atomic E-state index is 0.291. The molecule has 4 nitrogen and oxygen atoms in total. The molecule has 0 spiro atoms. The Bertz CT molecular complexity index is 1170. The number of unbranched alkanes of at least 4 members (excludes halogenated alkanes) is 8. The number of alkyl halides is 1. The summed E-state index contributed by atoms with van der Waals surface area (Å²) in [5.74, 6) is -0.740. The highest BCUT2D eigenvalue weighted by molar-refractivity contribution is 5.92. The molecule has 0 radical (unpaired) electrons. The van der Waals surface area contributed by atoms with Crippen LogP contribution in [0.2, 0.25) is 0 Å². The molecule has 5 heteroatoms. The fraction of sp³-hybridized carbons (Fsp3) is 0.444. The number of aryl methyl sites for hydroxylation is 1. The van der Waals surface area contributed by atoms with Gasteiger partial charge in [0.2, 0.25) is 0 Å². The molecule has 0 saturated heterocycles. The maximum absolute atomic E-state index is 13.3. The lowest BCUT2D eigenvalue weighted by Gasteiger charge is -2.14. The quantitative estimate of drug-likeness (QED) is 0.0882. The number of halogens is 1. The van der Waals surface area contributed by atoms with Crippen LogP contribution in [-0.2, 0) is 11.2 Å². The Morgan fingerprint density at radius 3 is 1.76 bits per heavy atom. The van der Waals surface area contributed by atoms with E-state index in [0.717, 1.165) is 43.2 Å². The molecule has 41 heavy (non-hydrogen) atoms. The van der Waals surface area contributed by atoms with Gasteiger partial charge in [-0.05, 0) is 78.8 Å². The van der Waals surface area contributed by atoms with Gasteiger partial charge in [0.05, 0.1) is 11.1 Å². The average Bonchev–Trinajstić information content (AvgIpc) is 3.01. The van der Waals surface area contributed by atoms with Gasteiger partial charge in [0.25, 0.3) is 0 Å². The smallest absolute Gasteiger partial charge is 0.343 e. The average molecular weight is 561 g/mol. The minimum atomic E-state index is -0.733. The van der Waals surface area contributed by atoms with E-state index in [-0.39, 0.29) is 0 Å². The molecule has 1 unspecified atom stereocenters. The Labute approximate surface area is 245 Å². The second-order valence-corrected chi connectivity index (χ2v) is 10.7. The Balaban J connectivity index is 1.47. The molecule has 0 aliphatic carbocycles. The number of carbonyl (C=O) groups excluding carboxylic acids is 2. The van der Waals surface area contributed by atoms with Gasteiger partial charge in [0, 0.05) is 0 Å². The van der Waals surface area contributed by atoms with E-state index in [9.17, 15) is 14.0 Å². The van der Waals surface area contributed by atoms with Crippen molar-refractivity contribution < 1.29 is 23.5 Å². The zero-order chi connectivity index (χ0) is 29.3. The lowest BCUT2D eigenvalue weighted by Crippen LogP contribution is -2.20. The van der Waals surface area contributed by atoms with Crippen molar-refractivity contribution in [1.29, 1.82) is 0 Å². The SMILES string of the molecule is CCCCCCCCc1ccc(-c2ccc(C(=O)Oc3ccc(C(=O)OC(CF)CCCCCC)cc3)cc2)cc1. The molecule has 0 bridgehead atoms. The van der Waals surface area contributed by atoms with E-state index in [1.54, 1.807) is 24.3 Å². The van der Waals surface area contributed by atoms with Crippen LogP contribution >= 0.6 is 0 Å². The van der Waals surface area contributed by atoms with Gasteiger partial charge in [-0.15, -0.1) is 0 Å². The second-order valence-electron chi connectivity index (χ2n) is 10.7. The van der Waals surface area contributed by atoms with Crippen molar-refractivity contribution >= 4 is 11.9 Å². The first-order valence-corrected chi connectivity index (χ1v) is 15.3. The van der Waals surface area contributed by atoms with Crippen LogP contribution in [0.3, 0.4) is 0 Å². The molecular weight excluding hydrogens is 515 g/mol. The van der Waals surface area contributed by atoms with Crippen LogP contribution in [0.5, 0.6) is 5.75 Å². The zero-order valence-electron chi connectivity index (χ0n) is 24.7. The lowest BCUT2D eigenvalue weighted by molar-refractivity contribution is 0.0211. The van der Waals surface area contributed by atoms with E-state index < -0.39 is 24.7 Å². The maximum Gasteiger partial charge on any atom is 0.343 e. The predicted molar refractivity (Wildman–Crippen MR) is 164 cm³/mol.